The van der Waals surface area contributed by atoms with Gasteiger partial charge in [0.2, 0.25) is 0 Å². The number of hydrogen-bond donors (Lipinski definition) is 2. The molecule has 4 nitrogen and oxygen atoms in total. The van der Waals surface area contributed by atoms with E-state index in [1.165, 1.54) is 0 Å². The van der Waals surface area contributed by atoms with Crippen LogP contribution in [0.5, 0.6) is 0 Å². The highest BCUT2D eigenvalue weighted by molar-refractivity contribution is 5.99. The van der Waals surface area contributed by atoms with Gasteiger partial charge in [-0.15, -0.1) is 0 Å². The predicted molar refractivity (Wildman–Crippen MR) is 71.4 cm³/mol. The van der Waals surface area contributed by atoms with Crippen molar-refractivity contribution in [1.82, 2.24) is 4.90 Å². The Morgan fingerprint density at radius 3 is 2.78 bits per heavy atom. The third-order valence-corrected chi connectivity index (χ3v) is 3.56. The van der Waals surface area contributed by atoms with E-state index in [9.17, 15) is 4.79 Å². The first kappa shape index (κ1) is 12.9. The molecule has 1 aromatic rings. The number of amides is 1. The van der Waals surface area contributed by atoms with E-state index in [-0.39, 0.29) is 18.6 Å². The van der Waals surface area contributed by atoms with Crippen molar-refractivity contribution in [2.75, 3.05) is 18.9 Å². The van der Waals surface area contributed by atoms with Gasteiger partial charge in [0.15, 0.2) is 0 Å². The van der Waals surface area contributed by atoms with Gasteiger partial charge in [-0.3, -0.25) is 4.79 Å². The summed E-state index contributed by atoms with van der Waals surface area (Å²) in [5, 5.41) is 9.10. The predicted octanol–water partition coefficient (Wildman–Crippen LogP) is 1.56. The van der Waals surface area contributed by atoms with Gasteiger partial charge in [0.05, 0.1) is 12.2 Å². The fraction of sp³-hybridized carbons (Fsp3) is 0.500. The summed E-state index contributed by atoms with van der Waals surface area (Å²) in [6, 6.07) is 5.75. The minimum Gasteiger partial charge on any atom is -0.398 e. The van der Waals surface area contributed by atoms with Gasteiger partial charge < -0.3 is 15.7 Å². The molecule has 1 aliphatic rings. The number of rotatable bonds is 4. The third kappa shape index (κ3) is 2.48. The van der Waals surface area contributed by atoms with Crippen LogP contribution in [0, 0.1) is 6.92 Å². The lowest BCUT2D eigenvalue weighted by Crippen LogP contribution is -2.45. The number of benzene rings is 1. The first-order valence-corrected chi connectivity index (χ1v) is 6.41. The zero-order valence-electron chi connectivity index (χ0n) is 10.7. The zero-order valence-corrected chi connectivity index (χ0v) is 10.7. The van der Waals surface area contributed by atoms with Crippen LogP contribution < -0.4 is 5.73 Å². The highest BCUT2D eigenvalue weighted by atomic mass is 16.3. The van der Waals surface area contributed by atoms with Gasteiger partial charge in [0, 0.05) is 18.3 Å². The summed E-state index contributed by atoms with van der Waals surface area (Å²) >= 11 is 0. The molecular weight excluding hydrogens is 228 g/mol. The first-order chi connectivity index (χ1) is 8.63. The van der Waals surface area contributed by atoms with Crippen molar-refractivity contribution < 1.29 is 9.90 Å². The summed E-state index contributed by atoms with van der Waals surface area (Å²) in [5.74, 6) is -0.0602. The smallest absolute Gasteiger partial charge is 0.256 e. The van der Waals surface area contributed by atoms with Crippen LogP contribution in [-0.4, -0.2) is 35.1 Å². The molecule has 1 amide bonds. The number of hydrogen-bond acceptors (Lipinski definition) is 3. The molecule has 0 heterocycles. The van der Waals surface area contributed by atoms with Crippen molar-refractivity contribution in [3.63, 3.8) is 0 Å². The normalized spacial score (nSPS) is 15.2. The minimum absolute atomic E-state index is 0.00599. The fourth-order valence-electron chi connectivity index (χ4n) is 2.27. The Balaban J connectivity index is 2.23. The maximum absolute atomic E-state index is 12.5. The van der Waals surface area contributed by atoms with Crippen LogP contribution >= 0.6 is 0 Å². The van der Waals surface area contributed by atoms with Crippen molar-refractivity contribution in [3.05, 3.63) is 29.3 Å². The first-order valence-electron chi connectivity index (χ1n) is 6.41. The zero-order chi connectivity index (χ0) is 13.1. The van der Waals surface area contributed by atoms with E-state index >= 15 is 0 Å². The van der Waals surface area contributed by atoms with Crippen LogP contribution in [0.2, 0.25) is 0 Å². The molecule has 3 N–H and O–H groups in total. The highest BCUT2D eigenvalue weighted by Crippen LogP contribution is 2.27. The number of aliphatic hydroxyl groups is 1. The molecule has 4 heteroatoms. The van der Waals surface area contributed by atoms with Gasteiger partial charge in [-0.05, 0) is 38.3 Å². The lowest BCUT2D eigenvalue weighted by atomic mass is 9.90. The van der Waals surface area contributed by atoms with E-state index < -0.39 is 0 Å². The Kier molecular flexibility index (Phi) is 3.87. The average molecular weight is 248 g/mol. The lowest BCUT2D eigenvalue weighted by molar-refractivity contribution is 0.0527. The monoisotopic (exact) mass is 248 g/mol. The second-order valence-electron chi connectivity index (χ2n) is 4.90. The van der Waals surface area contributed by atoms with Crippen LogP contribution in [0.4, 0.5) is 5.69 Å². The largest absolute Gasteiger partial charge is 0.398 e. The van der Waals surface area contributed by atoms with E-state index in [0.717, 1.165) is 24.8 Å². The van der Waals surface area contributed by atoms with Crippen molar-refractivity contribution in [1.29, 1.82) is 0 Å². The molecule has 1 aromatic carbocycles. The molecule has 98 valence electrons. The topological polar surface area (TPSA) is 66.6 Å². The molecule has 1 fully saturated rings. The van der Waals surface area contributed by atoms with Crippen molar-refractivity contribution >= 4 is 11.6 Å². The standard InChI is InChI=1S/C14H20N2O2/c1-10-5-6-13(15)12(9-10)14(18)16(7-8-17)11-3-2-4-11/h5-6,9,11,17H,2-4,7-8,15H2,1H3. The van der Waals surface area contributed by atoms with Crippen LogP contribution in [-0.2, 0) is 0 Å². The van der Waals surface area contributed by atoms with E-state index in [1.54, 1.807) is 11.0 Å². The lowest BCUT2D eigenvalue weighted by Gasteiger charge is -2.37. The molecule has 0 saturated heterocycles. The summed E-state index contributed by atoms with van der Waals surface area (Å²) < 4.78 is 0. The second kappa shape index (κ2) is 5.40. The number of carbonyl (C=O) groups is 1. The maximum Gasteiger partial charge on any atom is 0.256 e. The van der Waals surface area contributed by atoms with Crippen LogP contribution in [0.15, 0.2) is 18.2 Å². The summed E-state index contributed by atoms with van der Waals surface area (Å²) in [6.45, 7) is 2.32. The van der Waals surface area contributed by atoms with E-state index in [4.69, 9.17) is 10.8 Å². The number of carbonyl (C=O) groups excluding carboxylic acids is 1. The van der Waals surface area contributed by atoms with Crippen LogP contribution in [0.1, 0.15) is 35.2 Å². The highest BCUT2D eigenvalue weighted by Gasteiger charge is 2.29. The molecule has 0 spiro atoms. The summed E-state index contributed by atoms with van der Waals surface area (Å²) in [7, 11) is 0. The summed E-state index contributed by atoms with van der Waals surface area (Å²) in [5.41, 5.74) is 7.95. The van der Waals surface area contributed by atoms with Crippen molar-refractivity contribution in [2.24, 2.45) is 0 Å². The van der Waals surface area contributed by atoms with Crippen molar-refractivity contribution in [2.45, 2.75) is 32.2 Å². The number of anilines is 1. The Bertz CT molecular complexity index is 441. The minimum atomic E-state index is -0.0602. The van der Waals surface area contributed by atoms with Crippen LogP contribution in [0.25, 0.3) is 0 Å². The molecule has 2 rings (SSSR count). The maximum atomic E-state index is 12.5. The quantitative estimate of drug-likeness (QED) is 0.795. The summed E-state index contributed by atoms with van der Waals surface area (Å²) in [6.07, 6.45) is 3.21. The SMILES string of the molecule is Cc1ccc(N)c(C(=O)N(CCO)C2CCC2)c1. The van der Waals surface area contributed by atoms with Gasteiger partial charge >= 0.3 is 0 Å². The molecule has 0 aliphatic heterocycles. The van der Waals surface area contributed by atoms with E-state index in [1.807, 2.05) is 19.1 Å². The summed E-state index contributed by atoms with van der Waals surface area (Å²) in [4.78, 5) is 14.2. The molecular formula is C14H20N2O2. The number of aryl methyl sites for hydroxylation is 1. The van der Waals surface area contributed by atoms with Gasteiger partial charge in [-0.2, -0.15) is 0 Å². The molecule has 0 radical (unpaired) electrons. The molecule has 0 bridgehead atoms. The Labute approximate surface area is 107 Å². The van der Waals surface area contributed by atoms with Gasteiger partial charge in [0.25, 0.3) is 5.91 Å². The Hall–Kier alpha value is -1.55. The fourth-order valence-corrected chi connectivity index (χ4v) is 2.27. The third-order valence-electron chi connectivity index (χ3n) is 3.56. The average Bonchev–Trinajstić information content (AvgIpc) is 2.28. The van der Waals surface area contributed by atoms with Gasteiger partial charge in [-0.1, -0.05) is 11.6 Å². The van der Waals surface area contributed by atoms with Crippen LogP contribution in [0.3, 0.4) is 0 Å². The van der Waals surface area contributed by atoms with E-state index in [2.05, 4.69) is 0 Å². The van der Waals surface area contributed by atoms with Crippen molar-refractivity contribution in [3.8, 4) is 0 Å². The van der Waals surface area contributed by atoms with E-state index in [0.29, 0.717) is 17.8 Å². The number of nitrogen functional groups attached to an aromatic ring is 1. The number of nitrogens with zero attached hydrogens (tertiary/aromatic N) is 1. The molecule has 18 heavy (non-hydrogen) atoms. The molecule has 1 aliphatic carbocycles. The number of aliphatic hydroxyl groups excluding tert-OH is 1. The van der Waals surface area contributed by atoms with Gasteiger partial charge in [-0.25, -0.2) is 0 Å². The molecule has 0 unspecified atom stereocenters. The second-order valence-corrected chi connectivity index (χ2v) is 4.90. The molecule has 0 atom stereocenters. The molecule has 0 aromatic heterocycles. The Morgan fingerprint density at radius 1 is 1.50 bits per heavy atom. The Morgan fingerprint density at radius 2 is 2.22 bits per heavy atom. The van der Waals surface area contributed by atoms with Gasteiger partial charge in [0.1, 0.15) is 0 Å². The molecule has 1 saturated carbocycles. The number of nitrogens with two attached hydrogens (primary N) is 1.